The number of nitrogens with zero attached hydrogens (tertiary/aromatic N) is 5. The van der Waals surface area contributed by atoms with Crippen LogP contribution in [-0.4, -0.2) is 139 Å². The largest absolute Gasteiger partial charge is 0.493 e. The van der Waals surface area contributed by atoms with E-state index in [1.165, 1.54) is 4.90 Å². The molecular weight excluding hydrogens is 999 g/mol. The maximum atomic E-state index is 14.2. The summed E-state index contributed by atoms with van der Waals surface area (Å²) in [6.07, 6.45) is 3.46. The van der Waals surface area contributed by atoms with Gasteiger partial charge in [-0.2, -0.15) is 0 Å². The molecule has 5 aromatic rings. The molecule has 19 heteroatoms. The molecule has 4 amide bonds. The third kappa shape index (κ3) is 11.9. The van der Waals surface area contributed by atoms with Gasteiger partial charge in [-0.3, -0.25) is 29.1 Å². The first-order valence-electron chi connectivity index (χ1n) is 26.7. The fourth-order valence-electron chi connectivity index (χ4n) is 10.9. The van der Waals surface area contributed by atoms with E-state index in [2.05, 4.69) is 27.7 Å². The molecule has 0 radical (unpaired) electrons. The summed E-state index contributed by atoms with van der Waals surface area (Å²) in [6.45, 7) is 4.09. The molecule has 5 aliphatic rings. The van der Waals surface area contributed by atoms with Crippen LogP contribution >= 0.6 is 0 Å². The van der Waals surface area contributed by atoms with Crippen LogP contribution in [0, 0.1) is 0 Å². The first kappa shape index (κ1) is 53.7. The predicted molar refractivity (Wildman–Crippen MR) is 294 cm³/mol. The minimum Gasteiger partial charge on any atom is -0.493 e. The molecule has 0 saturated carbocycles. The number of carbonyl (C=O) groups excluding carboxylic acids is 4. The summed E-state index contributed by atoms with van der Waals surface area (Å²) in [4.78, 5) is 63.8. The van der Waals surface area contributed by atoms with Crippen molar-refractivity contribution >= 4 is 58.3 Å². The van der Waals surface area contributed by atoms with Crippen LogP contribution in [0.15, 0.2) is 96.0 Å². The van der Waals surface area contributed by atoms with E-state index in [9.17, 15) is 24.3 Å². The standard InChI is InChI=1S/C59H67N7O12/c1-72-21-22-76-24-23-75-20-19-63(17-8-13-55(67)60-16-18-64-56(68)14-15-57(64)69)42-26-38(36-77-53-32-47-45(30-51(53)73-2)58(70)65-43(34-61-47)28-40-9-4-6-11-49(40)65)25-39(27-42)37-78-54-33-48-46(31-52(54)74-3)59(71)66-44(35-62-48)29-41-10-5-7-12-50(41)66/h4-7,9-12,25-27,30-34,43-44,58,62,70H,8,13-24,28-29,35-37H2,1-3H3,(H,60,67)/t43-,44-,58?/m0/s1. The zero-order valence-corrected chi connectivity index (χ0v) is 44.4. The Morgan fingerprint density at radius 2 is 1.42 bits per heavy atom. The summed E-state index contributed by atoms with van der Waals surface area (Å²) >= 11 is 0. The van der Waals surface area contributed by atoms with Gasteiger partial charge in [0.25, 0.3) is 5.91 Å². The van der Waals surface area contributed by atoms with E-state index >= 15 is 0 Å². The molecule has 5 aliphatic heterocycles. The van der Waals surface area contributed by atoms with Crippen LogP contribution in [0.4, 0.5) is 28.4 Å². The molecule has 0 aliphatic carbocycles. The number of methoxy groups -OCH3 is 3. The highest BCUT2D eigenvalue weighted by Gasteiger charge is 2.39. The maximum absolute atomic E-state index is 14.2. The van der Waals surface area contributed by atoms with Gasteiger partial charge in [0.15, 0.2) is 29.2 Å². The number of benzene rings is 5. The molecule has 5 heterocycles. The normalized spacial score (nSPS) is 17.8. The Kier molecular flexibility index (Phi) is 17.0. The molecule has 3 N–H and O–H groups in total. The highest BCUT2D eigenvalue weighted by Crippen LogP contribution is 2.46. The van der Waals surface area contributed by atoms with E-state index in [4.69, 9.17) is 38.2 Å². The molecule has 3 atom stereocenters. The minimum atomic E-state index is -0.974. The van der Waals surface area contributed by atoms with Crippen molar-refractivity contribution in [1.29, 1.82) is 0 Å². The summed E-state index contributed by atoms with van der Waals surface area (Å²) in [6, 6.07) is 29.2. The maximum Gasteiger partial charge on any atom is 0.260 e. The molecule has 1 saturated heterocycles. The van der Waals surface area contributed by atoms with Crippen molar-refractivity contribution in [3.8, 4) is 23.0 Å². The summed E-state index contributed by atoms with van der Waals surface area (Å²) < 4.78 is 41.8. The molecule has 5 aromatic carbocycles. The van der Waals surface area contributed by atoms with E-state index in [1.54, 1.807) is 39.5 Å². The van der Waals surface area contributed by atoms with Gasteiger partial charge in [-0.15, -0.1) is 0 Å². The number of aliphatic hydroxyl groups is 1. The lowest BCUT2D eigenvalue weighted by atomic mass is 10.1. The lowest BCUT2D eigenvalue weighted by Gasteiger charge is -2.29. The van der Waals surface area contributed by atoms with Gasteiger partial charge in [0.2, 0.25) is 17.7 Å². The average Bonchev–Trinajstić information content (AvgIpc) is 4.12. The third-order valence-corrected chi connectivity index (χ3v) is 14.8. The fourth-order valence-corrected chi connectivity index (χ4v) is 10.9. The van der Waals surface area contributed by atoms with Crippen LogP contribution in [0.1, 0.15) is 70.1 Å². The number of ether oxygens (including phenoxy) is 7. The van der Waals surface area contributed by atoms with Crippen LogP contribution in [0.2, 0.25) is 0 Å². The molecule has 0 bridgehead atoms. The van der Waals surface area contributed by atoms with Crippen molar-refractivity contribution < 1.29 is 57.4 Å². The van der Waals surface area contributed by atoms with Crippen LogP contribution in [0.25, 0.3) is 0 Å². The molecule has 410 valence electrons. The lowest BCUT2D eigenvalue weighted by Crippen LogP contribution is -2.39. The highest BCUT2D eigenvalue weighted by molar-refractivity contribution is 6.12. The van der Waals surface area contributed by atoms with Crippen molar-refractivity contribution in [1.82, 2.24) is 10.2 Å². The van der Waals surface area contributed by atoms with E-state index in [0.717, 1.165) is 52.2 Å². The Labute approximate surface area is 453 Å². The number of likely N-dealkylation sites (tertiary alicyclic amines) is 1. The van der Waals surface area contributed by atoms with Gasteiger partial charge >= 0.3 is 0 Å². The van der Waals surface area contributed by atoms with E-state index < -0.39 is 6.23 Å². The molecular formula is C59H67N7O12. The SMILES string of the molecule is COCCOCCOCCN(CCCC(=O)NCCN1C(=O)CCC1=O)c1cc(COc2cc3c(cc2OC)C(O)N2c4ccccc4C[C@H]2C=N3)cc(COc2cc3c(cc2OC)C(=O)N2c4ccccc4C[C@H]2CN3)c1. The Hall–Kier alpha value is -7.71. The lowest BCUT2D eigenvalue weighted by molar-refractivity contribution is -0.138. The second-order valence-electron chi connectivity index (χ2n) is 19.8. The number of hydrogen-bond donors (Lipinski definition) is 3. The molecule has 1 fully saturated rings. The number of hydrogen-bond acceptors (Lipinski definition) is 16. The number of para-hydroxylation sites is 2. The molecule has 19 nitrogen and oxygen atoms in total. The number of carbonyl (C=O) groups is 4. The minimum absolute atomic E-state index is 0.0439. The number of anilines is 4. The number of aliphatic hydroxyl groups excluding tert-OH is 1. The average molecular weight is 1070 g/mol. The molecule has 78 heavy (non-hydrogen) atoms. The Bertz CT molecular complexity index is 3030. The number of rotatable bonds is 25. The van der Waals surface area contributed by atoms with E-state index in [0.29, 0.717) is 105 Å². The van der Waals surface area contributed by atoms with Crippen molar-refractivity contribution in [3.05, 3.63) is 124 Å². The molecule has 0 spiro atoms. The zero-order valence-electron chi connectivity index (χ0n) is 44.4. The number of aliphatic imine (C=N–C) groups is 1. The summed E-state index contributed by atoms with van der Waals surface area (Å²) in [7, 11) is 4.74. The van der Waals surface area contributed by atoms with Crippen molar-refractivity contribution in [2.45, 2.75) is 70.1 Å². The molecule has 10 rings (SSSR count). The second-order valence-corrected chi connectivity index (χ2v) is 19.8. The summed E-state index contributed by atoms with van der Waals surface area (Å²) in [5.41, 5.74) is 8.90. The highest BCUT2D eigenvalue weighted by atomic mass is 16.5. The Morgan fingerprint density at radius 1 is 0.756 bits per heavy atom. The second kappa shape index (κ2) is 24.7. The van der Waals surface area contributed by atoms with Gasteiger partial charge < -0.3 is 63.6 Å². The first-order valence-corrected chi connectivity index (χ1v) is 26.7. The molecule has 1 unspecified atom stereocenters. The van der Waals surface area contributed by atoms with Crippen LogP contribution in [0.5, 0.6) is 23.0 Å². The van der Waals surface area contributed by atoms with Crippen molar-refractivity contribution in [3.63, 3.8) is 0 Å². The van der Waals surface area contributed by atoms with E-state index in [-0.39, 0.29) is 81.3 Å². The number of nitrogens with one attached hydrogen (secondary N) is 2. The van der Waals surface area contributed by atoms with Gasteiger partial charge in [0, 0.05) is 106 Å². The Balaban J connectivity index is 0.907. The molecule has 0 aromatic heterocycles. The van der Waals surface area contributed by atoms with Crippen molar-refractivity contribution in [2.24, 2.45) is 4.99 Å². The Morgan fingerprint density at radius 3 is 2.15 bits per heavy atom. The van der Waals surface area contributed by atoms with Crippen LogP contribution < -0.4 is 44.3 Å². The monoisotopic (exact) mass is 1070 g/mol. The smallest absolute Gasteiger partial charge is 0.260 e. The van der Waals surface area contributed by atoms with Gasteiger partial charge in [-0.1, -0.05) is 36.4 Å². The first-order chi connectivity index (χ1) is 38.1. The topological polar surface area (TPSA) is 202 Å². The van der Waals surface area contributed by atoms with Gasteiger partial charge in [-0.25, -0.2) is 0 Å². The fraction of sp³-hybridized carbons (Fsp3) is 0.407. The zero-order chi connectivity index (χ0) is 54.1. The summed E-state index contributed by atoms with van der Waals surface area (Å²) in [5.74, 6) is 0.988. The van der Waals surface area contributed by atoms with Crippen LogP contribution in [-0.2, 0) is 54.6 Å². The van der Waals surface area contributed by atoms with Crippen LogP contribution in [0.3, 0.4) is 0 Å². The van der Waals surface area contributed by atoms with Gasteiger partial charge in [-0.05, 0) is 77.6 Å². The predicted octanol–water partition coefficient (Wildman–Crippen LogP) is 6.53. The number of fused-ring (bicyclic) bond motifs is 8. The third-order valence-electron chi connectivity index (χ3n) is 14.8. The number of amides is 4. The van der Waals surface area contributed by atoms with E-state index in [1.807, 2.05) is 76.7 Å². The van der Waals surface area contributed by atoms with Gasteiger partial charge in [0.05, 0.1) is 76.3 Å². The quantitative estimate of drug-likeness (QED) is 0.0421. The van der Waals surface area contributed by atoms with Crippen molar-refractivity contribution in [2.75, 3.05) is 107 Å². The van der Waals surface area contributed by atoms with Gasteiger partial charge in [0.1, 0.15) is 13.2 Å². The number of imide groups is 1. The summed E-state index contributed by atoms with van der Waals surface area (Å²) in [5, 5.41) is 18.3.